The van der Waals surface area contributed by atoms with E-state index in [-0.39, 0.29) is 5.56 Å². The molecule has 3 rings (SSSR count). The predicted octanol–water partition coefficient (Wildman–Crippen LogP) is 2.66. The van der Waals surface area contributed by atoms with Crippen molar-refractivity contribution in [2.75, 3.05) is 19.3 Å². The number of carbonyl (C=O) groups is 1. The molecule has 1 saturated heterocycles. The first-order chi connectivity index (χ1) is 12.3. The molecular weight excluding hydrogens is 352 g/mol. The molecule has 2 aromatic rings. The lowest BCUT2D eigenvalue weighted by Crippen LogP contribution is -2.39. The molecule has 0 aliphatic carbocycles. The number of nitrogens with zero attached hydrogens (tertiary/aromatic N) is 2. The van der Waals surface area contributed by atoms with E-state index in [1.807, 2.05) is 18.2 Å². The van der Waals surface area contributed by atoms with Crippen LogP contribution in [0.15, 0.2) is 42.6 Å². The fourth-order valence-corrected chi connectivity index (χ4v) is 4.30. The molecule has 0 saturated carbocycles. The maximum atomic E-state index is 11.7. The van der Waals surface area contributed by atoms with E-state index >= 15 is 0 Å². The Balaban J connectivity index is 1.70. The first kappa shape index (κ1) is 18.5. The first-order valence-electron chi connectivity index (χ1n) is 8.57. The summed E-state index contributed by atoms with van der Waals surface area (Å²) in [7, 11) is -3.14. The van der Waals surface area contributed by atoms with Gasteiger partial charge in [0.15, 0.2) is 0 Å². The summed E-state index contributed by atoms with van der Waals surface area (Å²) in [5.41, 5.74) is 2.77. The molecule has 1 aliphatic rings. The Kier molecular flexibility index (Phi) is 5.38. The van der Waals surface area contributed by atoms with Crippen molar-refractivity contribution in [2.45, 2.75) is 19.3 Å². The average Bonchev–Trinajstić information content (AvgIpc) is 2.62. The second-order valence-corrected chi connectivity index (χ2v) is 8.75. The zero-order chi connectivity index (χ0) is 18.7. The lowest BCUT2D eigenvalue weighted by atomic mass is 9.93. The SMILES string of the molecule is CS(=O)(=O)N1CCC[C@H](Cc2ccc(-c3cccc(C(=O)O)c3)nc2)C1. The lowest BCUT2D eigenvalue weighted by Gasteiger charge is -2.30. The number of carboxylic acid groups (broad SMARTS) is 1. The van der Waals surface area contributed by atoms with Crippen LogP contribution in [0.25, 0.3) is 11.3 Å². The number of aromatic carboxylic acids is 1. The Morgan fingerprint density at radius 3 is 2.77 bits per heavy atom. The Morgan fingerprint density at radius 1 is 1.31 bits per heavy atom. The second kappa shape index (κ2) is 7.55. The van der Waals surface area contributed by atoms with Gasteiger partial charge in [0.1, 0.15) is 0 Å². The van der Waals surface area contributed by atoms with Gasteiger partial charge in [-0.15, -0.1) is 0 Å². The van der Waals surface area contributed by atoms with E-state index in [0.717, 1.165) is 36.1 Å². The van der Waals surface area contributed by atoms with E-state index in [1.165, 1.54) is 6.26 Å². The minimum absolute atomic E-state index is 0.233. The molecule has 1 aromatic heterocycles. The van der Waals surface area contributed by atoms with Crippen molar-refractivity contribution in [3.8, 4) is 11.3 Å². The molecule has 26 heavy (non-hydrogen) atoms. The number of hydrogen-bond donors (Lipinski definition) is 1. The van der Waals surface area contributed by atoms with E-state index in [9.17, 15) is 13.2 Å². The normalized spacial score (nSPS) is 18.6. The maximum Gasteiger partial charge on any atom is 0.335 e. The number of hydrogen-bond acceptors (Lipinski definition) is 4. The predicted molar refractivity (Wildman–Crippen MR) is 99.5 cm³/mol. The van der Waals surface area contributed by atoms with Gasteiger partial charge in [-0.25, -0.2) is 17.5 Å². The lowest BCUT2D eigenvalue weighted by molar-refractivity contribution is 0.0697. The van der Waals surface area contributed by atoms with Gasteiger partial charge in [0.2, 0.25) is 10.0 Å². The van der Waals surface area contributed by atoms with Crippen LogP contribution in [0.3, 0.4) is 0 Å². The number of rotatable bonds is 5. The average molecular weight is 374 g/mol. The van der Waals surface area contributed by atoms with E-state index in [1.54, 1.807) is 28.7 Å². The summed E-state index contributed by atoms with van der Waals surface area (Å²) in [6.45, 7) is 1.16. The monoisotopic (exact) mass is 374 g/mol. The van der Waals surface area contributed by atoms with Crippen molar-refractivity contribution in [2.24, 2.45) is 5.92 Å². The molecule has 1 N–H and O–H groups in total. The van der Waals surface area contributed by atoms with Crippen LogP contribution in [0, 0.1) is 5.92 Å². The fraction of sp³-hybridized carbons (Fsp3) is 0.368. The van der Waals surface area contributed by atoms with Gasteiger partial charge in [-0.05, 0) is 48.9 Å². The van der Waals surface area contributed by atoms with Crippen LogP contribution in [-0.2, 0) is 16.4 Å². The highest BCUT2D eigenvalue weighted by Crippen LogP contribution is 2.24. The quantitative estimate of drug-likeness (QED) is 0.869. The molecule has 2 heterocycles. The van der Waals surface area contributed by atoms with Gasteiger partial charge < -0.3 is 5.11 Å². The second-order valence-electron chi connectivity index (χ2n) is 6.77. The first-order valence-corrected chi connectivity index (χ1v) is 10.4. The number of aromatic nitrogens is 1. The molecule has 1 fully saturated rings. The molecule has 6 nitrogen and oxygen atoms in total. The highest BCUT2D eigenvalue weighted by molar-refractivity contribution is 7.88. The minimum atomic E-state index is -3.14. The maximum absolute atomic E-state index is 11.7. The summed E-state index contributed by atoms with van der Waals surface area (Å²) in [4.78, 5) is 15.5. The molecule has 0 spiro atoms. The van der Waals surface area contributed by atoms with Crippen molar-refractivity contribution in [1.82, 2.24) is 9.29 Å². The smallest absolute Gasteiger partial charge is 0.335 e. The van der Waals surface area contributed by atoms with Crippen molar-refractivity contribution >= 4 is 16.0 Å². The van der Waals surface area contributed by atoms with Crippen LogP contribution in [0.4, 0.5) is 0 Å². The Bertz CT molecular complexity index is 894. The van der Waals surface area contributed by atoms with Crippen molar-refractivity contribution in [3.05, 3.63) is 53.7 Å². The summed E-state index contributed by atoms with van der Waals surface area (Å²) in [6, 6.07) is 10.6. The van der Waals surface area contributed by atoms with E-state index in [4.69, 9.17) is 5.11 Å². The summed E-state index contributed by atoms with van der Waals surface area (Å²) >= 11 is 0. The van der Waals surface area contributed by atoms with Gasteiger partial charge >= 0.3 is 5.97 Å². The molecule has 1 aromatic carbocycles. The molecule has 0 radical (unpaired) electrons. The van der Waals surface area contributed by atoms with Gasteiger partial charge in [0.25, 0.3) is 0 Å². The third-order valence-electron chi connectivity index (χ3n) is 4.71. The Labute approximate surface area is 153 Å². The summed E-state index contributed by atoms with van der Waals surface area (Å²) in [5.74, 6) is -0.669. The number of piperidine rings is 1. The summed E-state index contributed by atoms with van der Waals surface area (Å²) < 4.78 is 25.0. The molecule has 0 unspecified atom stereocenters. The number of benzene rings is 1. The fourth-order valence-electron chi connectivity index (χ4n) is 3.36. The standard InChI is InChI=1S/C19H22N2O4S/c1-26(24,25)21-9-3-4-15(13-21)10-14-7-8-18(20-12-14)16-5-2-6-17(11-16)19(22)23/h2,5-8,11-12,15H,3-4,9-10,13H2,1H3,(H,22,23)/t15-/m1/s1. The molecule has 0 bridgehead atoms. The van der Waals surface area contributed by atoms with Crippen LogP contribution < -0.4 is 0 Å². The zero-order valence-electron chi connectivity index (χ0n) is 14.6. The van der Waals surface area contributed by atoms with Crippen molar-refractivity contribution < 1.29 is 18.3 Å². The van der Waals surface area contributed by atoms with Crippen LogP contribution in [-0.4, -0.2) is 48.1 Å². The molecule has 1 atom stereocenters. The molecule has 7 heteroatoms. The number of carboxylic acids is 1. The van der Waals surface area contributed by atoms with Crippen LogP contribution >= 0.6 is 0 Å². The van der Waals surface area contributed by atoms with E-state index in [0.29, 0.717) is 19.0 Å². The largest absolute Gasteiger partial charge is 0.478 e. The minimum Gasteiger partial charge on any atom is -0.478 e. The van der Waals surface area contributed by atoms with Crippen LogP contribution in [0.5, 0.6) is 0 Å². The highest BCUT2D eigenvalue weighted by Gasteiger charge is 2.25. The third kappa shape index (κ3) is 4.47. The highest BCUT2D eigenvalue weighted by atomic mass is 32.2. The van der Waals surface area contributed by atoms with Gasteiger partial charge in [-0.1, -0.05) is 18.2 Å². The topological polar surface area (TPSA) is 87.6 Å². The van der Waals surface area contributed by atoms with Gasteiger partial charge in [0, 0.05) is 24.8 Å². The summed E-state index contributed by atoms with van der Waals surface area (Å²) in [5, 5.41) is 9.09. The molecule has 1 aliphatic heterocycles. The molecule has 0 amide bonds. The molecular formula is C19H22N2O4S. The Hall–Kier alpha value is -2.25. The van der Waals surface area contributed by atoms with Crippen LogP contribution in [0.1, 0.15) is 28.8 Å². The number of pyridine rings is 1. The third-order valence-corrected chi connectivity index (χ3v) is 5.97. The van der Waals surface area contributed by atoms with E-state index in [2.05, 4.69) is 4.98 Å². The van der Waals surface area contributed by atoms with E-state index < -0.39 is 16.0 Å². The van der Waals surface area contributed by atoms with Crippen molar-refractivity contribution in [1.29, 1.82) is 0 Å². The van der Waals surface area contributed by atoms with Gasteiger partial charge in [-0.3, -0.25) is 4.98 Å². The zero-order valence-corrected chi connectivity index (χ0v) is 15.4. The molecule has 138 valence electrons. The van der Waals surface area contributed by atoms with Crippen LogP contribution in [0.2, 0.25) is 0 Å². The van der Waals surface area contributed by atoms with Gasteiger partial charge in [0.05, 0.1) is 17.5 Å². The van der Waals surface area contributed by atoms with Gasteiger partial charge in [-0.2, -0.15) is 0 Å². The number of sulfonamides is 1. The van der Waals surface area contributed by atoms with Crippen molar-refractivity contribution in [3.63, 3.8) is 0 Å². The Morgan fingerprint density at radius 2 is 2.12 bits per heavy atom. The summed E-state index contributed by atoms with van der Waals surface area (Å²) in [6.07, 6.45) is 5.73.